The lowest BCUT2D eigenvalue weighted by Crippen LogP contribution is -2.32. The van der Waals surface area contributed by atoms with Crippen LogP contribution in [0.4, 0.5) is 13.2 Å². The van der Waals surface area contributed by atoms with Crippen LogP contribution in [0.25, 0.3) is 4.96 Å². The molecule has 1 N–H and O–H groups in total. The molecular weight excluding hydrogens is 309 g/mol. The van der Waals surface area contributed by atoms with Gasteiger partial charge in [-0.05, 0) is 12.8 Å². The molecule has 6 nitrogen and oxygen atoms in total. The van der Waals surface area contributed by atoms with Crippen molar-refractivity contribution in [3.63, 3.8) is 0 Å². The number of aliphatic carboxylic acids is 1. The molecule has 116 valence electrons. The van der Waals surface area contributed by atoms with Gasteiger partial charge in [0.25, 0.3) is 5.82 Å². The summed E-state index contributed by atoms with van der Waals surface area (Å²) in [5.74, 6) is -2.18. The van der Waals surface area contributed by atoms with Gasteiger partial charge in [0.1, 0.15) is 5.01 Å². The highest BCUT2D eigenvalue weighted by Crippen LogP contribution is 2.34. The van der Waals surface area contributed by atoms with E-state index in [1.165, 1.54) is 0 Å². The Kier molecular flexibility index (Phi) is 3.91. The molecule has 0 amide bonds. The molecule has 0 radical (unpaired) electrons. The average Bonchev–Trinajstić information content (AvgIpc) is 2.93. The van der Waals surface area contributed by atoms with Gasteiger partial charge < -0.3 is 5.11 Å². The van der Waals surface area contributed by atoms with Crippen molar-refractivity contribution in [3.05, 3.63) is 10.8 Å². The van der Waals surface area contributed by atoms with Crippen LogP contribution >= 0.6 is 11.3 Å². The van der Waals surface area contributed by atoms with Crippen molar-refractivity contribution in [1.82, 2.24) is 19.8 Å². The molecule has 0 spiro atoms. The minimum atomic E-state index is -4.65. The van der Waals surface area contributed by atoms with E-state index in [1.54, 1.807) is 13.8 Å². The molecule has 21 heavy (non-hydrogen) atoms. The van der Waals surface area contributed by atoms with E-state index in [0.29, 0.717) is 22.4 Å². The maximum Gasteiger partial charge on any atom is 0.453 e. The largest absolute Gasteiger partial charge is 0.481 e. The van der Waals surface area contributed by atoms with Crippen LogP contribution in [0, 0.1) is 5.41 Å². The van der Waals surface area contributed by atoms with Gasteiger partial charge in [-0.3, -0.25) is 4.79 Å². The highest BCUT2D eigenvalue weighted by atomic mass is 32.1. The first-order chi connectivity index (χ1) is 9.73. The summed E-state index contributed by atoms with van der Waals surface area (Å²) >= 11 is 0.924. The molecule has 0 aliphatic rings. The number of alkyl halides is 3. The number of aromatic nitrogens is 4. The molecule has 0 saturated heterocycles. The third kappa shape index (κ3) is 2.71. The summed E-state index contributed by atoms with van der Waals surface area (Å²) in [5.41, 5.74) is -1.03. The van der Waals surface area contributed by atoms with E-state index in [0.717, 1.165) is 11.3 Å². The number of carbonyl (C=O) groups is 1. The minimum absolute atomic E-state index is 0.00354. The van der Waals surface area contributed by atoms with Crippen LogP contribution in [0.2, 0.25) is 0 Å². The zero-order chi connectivity index (χ0) is 15.8. The van der Waals surface area contributed by atoms with Crippen LogP contribution < -0.4 is 0 Å². The van der Waals surface area contributed by atoms with Crippen molar-refractivity contribution >= 4 is 22.3 Å². The minimum Gasteiger partial charge on any atom is -0.481 e. The van der Waals surface area contributed by atoms with E-state index in [4.69, 9.17) is 0 Å². The molecular formula is C11H13F3N4O2S. The average molecular weight is 322 g/mol. The van der Waals surface area contributed by atoms with Crippen LogP contribution in [-0.4, -0.2) is 30.9 Å². The number of hydrogen-bond donors (Lipinski definition) is 1. The zero-order valence-corrected chi connectivity index (χ0v) is 12.1. The maximum absolute atomic E-state index is 12.7. The standard InChI is InChI=1S/C11H13F3N4O2S/c1-3-10(4-2,8(19)20)5-6-17-18-7(11(12,13)14)15-16-9(18)21-6/h3-5H2,1-2H3,(H,19,20). The number of hydrogen-bond acceptors (Lipinski definition) is 5. The lowest BCUT2D eigenvalue weighted by atomic mass is 9.79. The number of rotatable bonds is 5. The molecule has 0 bridgehead atoms. The number of halogens is 3. The van der Waals surface area contributed by atoms with Gasteiger partial charge in [-0.15, -0.1) is 10.2 Å². The number of nitrogens with zero attached hydrogens (tertiary/aromatic N) is 4. The Morgan fingerprint density at radius 1 is 1.29 bits per heavy atom. The van der Waals surface area contributed by atoms with Crippen LogP contribution in [0.3, 0.4) is 0 Å². The molecule has 0 aliphatic carbocycles. The van der Waals surface area contributed by atoms with E-state index < -0.39 is 23.4 Å². The maximum atomic E-state index is 12.7. The second kappa shape index (κ2) is 5.24. The molecule has 0 unspecified atom stereocenters. The Bertz CT molecular complexity index is 660. The van der Waals surface area contributed by atoms with Gasteiger partial charge in [-0.1, -0.05) is 25.2 Å². The van der Waals surface area contributed by atoms with Gasteiger partial charge in [0.15, 0.2) is 0 Å². The first-order valence-electron chi connectivity index (χ1n) is 6.25. The third-order valence-electron chi connectivity index (χ3n) is 3.58. The predicted octanol–water partition coefficient (Wildman–Crippen LogP) is 2.64. The third-order valence-corrected chi connectivity index (χ3v) is 4.48. The smallest absolute Gasteiger partial charge is 0.453 e. The van der Waals surface area contributed by atoms with Crippen LogP contribution in [0.15, 0.2) is 0 Å². The van der Waals surface area contributed by atoms with Gasteiger partial charge in [-0.25, -0.2) is 0 Å². The summed E-state index contributed by atoms with van der Waals surface area (Å²) in [7, 11) is 0. The molecule has 0 aromatic carbocycles. The Balaban J connectivity index is 2.40. The molecule has 2 rings (SSSR count). The second-order valence-electron chi connectivity index (χ2n) is 4.68. The van der Waals surface area contributed by atoms with E-state index in [-0.39, 0.29) is 11.4 Å². The first kappa shape index (κ1) is 15.7. The molecule has 2 aromatic heterocycles. The molecule has 0 saturated carbocycles. The normalized spacial score (nSPS) is 13.0. The molecule has 0 aliphatic heterocycles. The SMILES string of the molecule is CCC(CC)(Cc1nn2c(C(F)(F)F)nnc2s1)C(=O)O. The summed E-state index contributed by atoms with van der Waals surface area (Å²) in [6, 6.07) is 0. The summed E-state index contributed by atoms with van der Waals surface area (Å²) < 4.78 is 38.7. The van der Waals surface area contributed by atoms with Crippen LogP contribution in [-0.2, 0) is 17.4 Å². The summed E-state index contributed by atoms with van der Waals surface area (Å²) in [6.45, 7) is 3.47. The van der Waals surface area contributed by atoms with E-state index in [2.05, 4.69) is 15.3 Å². The summed E-state index contributed by atoms with van der Waals surface area (Å²) in [5, 5.41) is 20.0. The fourth-order valence-electron chi connectivity index (χ4n) is 2.07. The Morgan fingerprint density at radius 2 is 1.90 bits per heavy atom. The fourth-order valence-corrected chi connectivity index (χ4v) is 3.05. The highest BCUT2D eigenvalue weighted by molar-refractivity contribution is 7.16. The molecule has 2 aromatic rings. The fraction of sp³-hybridized carbons (Fsp3) is 0.636. The van der Waals surface area contributed by atoms with Crippen LogP contribution in [0.5, 0.6) is 0 Å². The zero-order valence-electron chi connectivity index (χ0n) is 11.3. The van der Waals surface area contributed by atoms with Crippen molar-refractivity contribution < 1.29 is 23.1 Å². The Hall–Kier alpha value is -1.71. The molecule has 10 heteroatoms. The highest BCUT2D eigenvalue weighted by Gasteiger charge is 2.40. The second-order valence-corrected chi connectivity index (χ2v) is 5.72. The lowest BCUT2D eigenvalue weighted by Gasteiger charge is -2.25. The van der Waals surface area contributed by atoms with Gasteiger partial charge in [0.2, 0.25) is 4.96 Å². The topological polar surface area (TPSA) is 80.4 Å². The van der Waals surface area contributed by atoms with Crippen LogP contribution in [0.1, 0.15) is 37.5 Å². The molecule has 0 fully saturated rings. The number of carboxylic acid groups (broad SMARTS) is 1. The quantitative estimate of drug-likeness (QED) is 0.915. The summed E-state index contributed by atoms with van der Waals surface area (Å²) in [4.78, 5) is 11.4. The van der Waals surface area contributed by atoms with E-state index in [1.807, 2.05) is 0 Å². The lowest BCUT2D eigenvalue weighted by molar-refractivity contribution is -0.149. The van der Waals surface area contributed by atoms with E-state index >= 15 is 0 Å². The first-order valence-corrected chi connectivity index (χ1v) is 7.07. The van der Waals surface area contributed by atoms with Gasteiger partial charge in [0, 0.05) is 6.42 Å². The van der Waals surface area contributed by atoms with Gasteiger partial charge >= 0.3 is 12.1 Å². The predicted molar refractivity (Wildman–Crippen MR) is 68.0 cm³/mol. The van der Waals surface area contributed by atoms with E-state index in [9.17, 15) is 23.1 Å². The summed E-state index contributed by atoms with van der Waals surface area (Å²) in [6.07, 6.45) is -3.85. The van der Waals surface area contributed by atoms with Gasteiger partial charge in [0.05, 0.1) is 5.41 Å². The van der Waals surface area contributed by atoms with Crippen molar-refractivity contribution in [3.8, 4) is 0 Å². The Labute approximate surface area is 121 Å². The monoisotopic (exact) mass is 322 g/mol. The Morgan fingerprint density at radius 3 is 2.38 bits per heavy atom. The number of carboxylic acids is 1. The van der Waals surface area contributed by atoms with Crippen molar-refractivity contribution in [2.24, 2.45) is 5.41 Å². The van der Waals surface area contributed by atoms with Crippen molar-refractivity contribution in [2.75, 3.05) is 0 Å². The van der Waals surface area contributed by atoms with Crippen molar-refractivity contribution in [2.45, 2.75) is 39.3 Å². The van der Waals surface area contributed by atoms with Gasteiger partial charge in [-0.2, -0.15) is 22.8 Å². The molecule has 0 atom stereocenters. The van der Waals surface area contributed by atoms with Crippen molar-refractivity contribution in [1.29, 1.82) is 0 Å². The molecule has 2 heterocycles. The number of fused-ring (bicyclic) bond motifs is 1.